The zero-order chi connectivity index (χ0) is 13.4. The molecule has 0 radical (unpaired) electrons. The molecule has 0 spiro atoms. The SMILES string of the molecule is COCCN(CCOC)CC1CC(C)CCC1=O. The monoisotopic (exact) mass is 257 g/mol. The van der Waals surface area contributed by atoms with Gasteiger partial charge in [-0.25, -0.2) is 0 Å². The summed E-state index contributed by atoms with van der Waals surface area (Å²) in [6.07, 6.45) is 2.86. The molecule has 0 aromatic rings. The Morgan fingerprint density at radius 2 is 1.83 bits per heavy atom. The summed E-state index contributed by atoms with van der Waals surface area (Å²) in [5, 5.41) is 0. The fraction of sp³-hybridized carbons (Fsp3) is 0.929. The van der Waals surface area contributed by atoms with E-state index in [2.05, 4.69) is 11.8 Å². The van der Waals surface area contributed by atoms with Gasteiger partial charge in [0.2, 0.25) is 0 Å². The molecule has 1 aliphatic rings. The van der Waals surface area contributed by atoms with Crippen molar-refractivity contribution in [3.05, 3.63) is 0 Å². The number of ether oxygens (including phenoxy) is 2. The summed E-state index contributed by atoms with van der Waals surface area (Å²) >= 11 is 0. The molecule has 18 heavy (non-hydrogen) atoms. The maximum Gasteiger partial charge on any atom is 0.137 e. The number of ketones is 1. The van der Waals surface area contributed by atoms with Gasteiger partial charge in [-0.2, -0.15) is 0 Å². The highest BCUT2D eigenvalue weighted by Gasteiger charge is 2.27. The second-order valence-electron chi connectivity index (χ2n) is 5.33. The molecule has 0 aromatic carbocycles. The molecule has 1 rings (SSSR count). The molecular formula is C14H27NO3. The zero-order valence-electron chi connectivity index (χ0n) is 12.0. The number of rotatable bonds is 8. The van der Waals surface area contributed by atoms with Gasteiger partial charge in [-0.1, -0.05) is 6.92 Å². The number of Topliss-reactive ketones (excluding diaryl/α,β-unsaturated/α-hetero) is 1. The van der Waals surface area contributed by atoms with E-state index in [0.717, 1.165) is 38.9 Å². The van der Waals surface area contributed by atoms with Crippen LogP contribution in [-0.4, -0.2) is 57.8 Å². The second kappa shape index (κ2) is 8.62. The minimum Gasteiger partial charge on any atom is -0.383 e. The molecule has 0 N–H and O–H groups in total. The first-order valence-corrected chi connectivity index (χ1v) is 6.90. The van der Waals surface area contributed by atoms with Crippen LogP contribution in [0.25, 0.3) is 0 Å². The summed E-state index contributed by atoms with van der Waals surface area (Å²) in [6.45, 7) is 6.26. The number of nitrogens with zero attached hydrogens (tertiary/aromatic N) is 1. The molecule has 2 unspecified atom stereocenters. The standard InChI is InChI=1S/C14H27NO3/c1-12-4-5-14(16)13(10-12)11-15(6-8-17-2)7-9-18-3/h12-13H,4-11H2,1-3H3. The minimum absolute atomic E-state index is 0.211. The molecule has 0 amide bonds. The van der Waals surface area contributed by atoms with Crippen molar-refractivity contribution < 1.29 is 14.3 Å². The Labute approximate surface area is 111 Å². The molecule has 4 heteroatoms. The van der Waals surface area contributed by atoms with Crippen molar-refractivity contribution in [3.8, 4) is 0 Å². The maximum absolute atomic E-state index is 11.9. The van der Waals surface area contributed by atoms with E-state index in [4.69, 9.17) is 9.47 Å². The average molecular weight is 257 g/mol. The van der Waals surface area contributed by atoms with Gasteiger partial charge in [0.1, 0.15) is 5.78 Å². The average Bonchev–Trinajstić information content (AvgIpc) is 2.37. The smallest absolute Gasteiger partial charge is 0.137 e. The Bertz CT molecular complexity index is 237. The predicted octanol–water partition coefficient (Wildman–Crippen LogP) is 1.59. The summed E-state index contributed by atoms with van der Waals surface area (Å²) in [4.78, 5) is 14.2. The topological polar surface area (TPSA) is 38.8 Å². The zero-order valence-corrected chi connectivity index (χ0v) is 12.0. The Hall–Kier alpha value is -0.450. The van der Waals surface area contributed by atoms with E-state index < -0.39 is 0 Å². The van der Waals surface area contributed by atoms with Gasteiger partial charge in [-0.15, -0.1) is 0 Å². The number of hydrogen-bond acceptors (Lipinski definition) is 4. The largest absolute Gasteiger partial charge is 0.383 e. The van der Waals surface area contributed by atoms with Gasteiger partial charge in [0.05, 0.1) is 13.2 Å². The van der Waals surface area contributed by atoms with Gasteiger partial charge < -0.3 is 9.47 Å². The van der Waals surface area contributed by atoms with Gasteiger partial charge in [-0.05, 0) is 18.8 Å². The van der Waals surface area contributed by atoms with Gasteiger partial charge >= 0.3 is 0 Å². The lowest BCUT2D eigenvalue weighted by Gasteiger charge is -2.31. The molecule has 0 bridgehead atoms. The lowest BCUT2D eigenvalue weighted by molar-refractivity contribution is -0.126. The Morgan fingerprint density at radius 3 is 2.39 bits per heavy atom. The van der Waals surface area contributed by atoms with Crippen LogP contribution in [0.4, 0.5) is 0 Å². The number of carbonyl (C=O) groups excluding carboxylic acids is 1. The molecular weight excluding hydrogens is 230 g/mol. The highest BCUT2D eigenvalue weighted by Crippen LogP contribution is 2.26. The lowest BCUT2D eigenvalue weighted by Crippen LogP contribution is -2.39. The van der Waals surface area contributed by atoms with Crippen LogP contribution in [0.1, 0.15) is 26.2 Å². The van der Waals surface area contributed by atoms with Crippen LogP contribution in [0.5, 0.6) is 0 Å². The number of hydrogen-bond donors (Lipinski definition) is 0. The quantitative estimate of drug-likeness (QED) is 0.662. The van der Waals surface area contributed by atoms with Crippen molar-refractivity contribution in [1.29, 1.82) is 0 Å². The molecule has 0 aliphatic heterocycles. The summed E-state index contributed by atoms with van der Waals surface area (Å²) in [5.74, 6) is 1.33. The summed E-state index contributed by atoms with van der Waals surface area (Å²) < 4.78 is 10.2. The first-order valence-electron chi connectivity index (χ1n) is 6.90. The Morgan fingerprint density at radius 1 is 1.22 bits per heavy atom. The van der Waals surface area contributed by atoms with E-state index in [1.54, 1.807) is 14.2 Å². The third-order valence-corrected chi connectivity index (χ3v) is 3.73. The molecule has 0 heterocycles. The Kier molecular flexibility index (Phi) is 7.47. The molecule has 106 valence electrons. The lowest BCUT2D eigenvalue weighted by atomic mass is 9.81. The van der Waals surface area contributed by atoms with Crippen LogP contribution in [0.3, 0.4) is 0 Å². The molecule has 4 nitrogen and oxygen atoms in total. The van der Waals surface area contributed by atoms with Crippen LogP contribution < -0.4 is 0 Å². The van der Waals surface area contributed by atoms with E-state index >= 15 is 0 Å². The van der Waals surface area contributed by atoms with Crippen LogP contribution in [0.15, 0.2) is 0 Å². The van der Waals surface area contributed by atoms with Crippen LogP contribution in [0, 0.1) is 11.8 Å². The second-order valence-corrected chi connectivity index (χ2v) is 5.33. The number of carbonyl (C=O) groups is 1. The Balaban J connectivity index is 2.43. The van der Waals surface area contributed by atoms with Crippen molar-refractivity contribution in [3.63, 3.8) is 0 Å². The van der Waals surface area contributed by atoms with E-state index in [0.29, 0.717) is 24.9 Å². The van der Waals surface area contributed by atoms with Crippen molar-refractivity contribution in [2.75, 3.05) is 47.1 Å². The van der Waals surface area contributed by atoms with Crippen molar-refractivity contribution in [2.45, 2.75) is 26.2 Å². The van der Waals surface area contributed by atoms with Crippen LogP contribution in [-0.2, 0) is 14.3 Å². The number of methoxy groups -OCH3 is 2. The predicted molar refractivity (Wildman–Crippen MR) is 71.7 cm³/mol. The summed E-state index contributed by atoms with van der Waals surface area (Å²) in [6, 6.07) is 0. The third kappa shape index (κ3) is 5.46. The van der Waals surface area contributed by atoms with Crippen molar-refractivity contribution in [2.24, 2.45) is 11.8 Å². The van der Waals surface area contributed by atoms with Crippen molar-refractivity contribution >= 4 is 5.78 Å². The molecule has 0 saturated heterocycles. The van der Waals surface area contributed by atoms with E-state index in [1.165, 1.54) is 0 Å². The summed E-state index contributed by atoms with van der Waals surface area (Å²) in [5.41, 5.74) is 0. The molecule has 2 atom stereocenters. The molecule has 0 aromatic heterocycles. The van der Waals surface area contributed by atoms with Gasteiger partial charge in [0, 0.05) is 46.2 Å². The minimum atomic E-state index is 0.211. The first kappa shape index (κ1) is 15.6. The van der Waals surface area contributed by atoms with Gasteiger partial charge in [-0.3, -0.25) is 9.69 Å². The first-order chi connectivity index (χ1) is 8.67. The van der Waals surface area contributed by atoms with Crippen molar-refractivity contribution in [1.82, 2.24) is 4.90 Å². The van der Waals surface area contributed by atoms with Crippen LogP contribution in [0.2, 0.25) is 0 Å². The summed E-state index contributed by atoms with van der Waals surface area (Å²) in [7, 11) is 3.42. The molecule has 1 fully saturated rings. The molecule has 1 saturated carbocycles. The van der Waals surface area contributed by atoms with E-state index in [1.807, 2.05) is 0 Å². The van der Waals surface area contributed by atoms with E-state index in [9.17, 15) is 4.79 Å². The molecule has 1 aliphatic carbocycles. The highest BCUT2D eigenvalue weighted by atomic mass is 16.5. The fourth-order valence-corrected chi connectivity index (χ4v) is 2.55. The van der Waals surface area contributed by atoms with E-state index in [-0.39, 0.29) is 5.92 Å². The normalized spacial score (nSPS) is 24.8. The van der Waals surface area contributed by atoms with Crippen LogP contribution >= 0.6 is 0 Å². The van der Waals surface area contributed by atoms with Gasteiger partial charge in [0.25, 0.3) is 0 Å². The maximum atomic E-state index is 11.9. The van der Waals surface area contributed by atoms with Gasteiger partial charge in [0.15, 0.2) is 0 Å². The fourth-order valence-electron chi connectivity index (χ4n) is 2.55. The highest BCUT2D eigenvalue weighted by molar-refractivity contribution is 5.81. The third-order valence-electron chi connectivity index (χ3n) is 3.73.